The van der Waals surface area contributed by atoms with Gasteiger partial charge in [-0.1, -0.05) is 25.1 Å². The van der Waals surface area contributed by atoms with Gasteiger partial charge < -0.3 is 9.02 Å². The molecule has 0 amide bonds. The average molecular weight is 601 g/mol. The zero-order valence-corrected chi connectivity index (χ0v) is 28.7. The van der Waals surface area contributed by atoms with Crippen LogP contribution in [0.15, 0.2) is 51.1 Å². The first-order chi connectivity index (χ1) is 15.6. The summed E-state index contributed by atoms with van der Waals surface area (Å²) in [5.41, 5.74) is 0. The van der Waals surface area contributed by atoms with Gasteiger partial charge in [-0.3, -0.25) is 18.5 Å². The molecule has 186 valence electrons. The van der Waals surface area contributed by atoms with Crippen LogP contribution in [0.3, 0.4) is 0 Å². The van der Waals surface area contributed by atoms with Crippen molar-refractivity contribution >= 4 is 68.6 Å². The summed E-state index contributed by atoms with van der Waals surface area (Å²) in [5, 5.41) is -0.656. The van der Waals surface area contributed by atoms with Crippen LogP contribution in [-0.2, 0) is 35.1 Å². The summed E-state index contributed by atoms with van der Waals surface area (Å²) in [6.45, 7) is 1.71. The smallest absolute Gasteiger partial charge is 1.00 e. The van der Waals surface area contributed by atoms with E-state index in [-0.39, 0.29) is 137 Å². The predicted octanol–water partition coefficient (Wildman–Crippen LogP) is -5.62. The Hall–Kier alpha value is 0.120. The topological polar surface area (TPSA) is 189 Å². The molecule has 0 aliphatic rings. The van der Waals surface area contributed by atoms with Crippen LogP contribution in [0.25, 0.3) is 32.3 Å². The Balaban J connectivity index is -0.00000228. The van der Waals surface area contributed by atoms with Gasteiger partial charge in [-0.25, -0.2) is 0 Å². The first-order valence-corrected chi connectivity index (χ1v) is 13.9. The van der Waals surface area contributed by atoms with Crippen LogP contribution < -0.4 is 93.4 Å². The monoisotopic (exact) mass is 600 g/mol. The molecule has 0 aromatic heterocycles. The molecule has 0 bridgehead atoms. The van der Waals surface area contributed by atoms with Crippen molar-refractivity contribution in [3.8, 4) is 5.75 Å². The molecule has 0 saturated heterocycles. The third-order valence-electron chi connectivity index (χ3n) is 5.26. The van der Waals surface area contributed by atoms with Crippen molar-refractivity contribution in [1.82, 2.24) is 0 Å². The van der Waals surface area contributed by atoms with E-state index < -0.39 is 51.0 Å². The number of carbonyl (C=O) groups is 1. The molecule has 0 heterocycles. The van der Waals surface area contributed by atoms with Crippen molar-refractivity contribution < 1.29 is 141 Å². The Bertz CT molecular complexity index is 1800. The van der Waals surface area contributed by atoms with Crippen LogP contribution in [0, 0.1) is 0 Å². The summed E-state index contributed by atoms with van der Waals surface area (Å²) in [4.78, 5) is 9.75. The maximum atomic E-state index is 12.1. The third-order valence-corrected chi connectivity index (χ3v) is 7.94. The number of rotatable bonds is 6. The van der Waals surface area contributed by atoms with Gasteiger partial charge in [0.15, 0.2) is 0 Å². The van der Waals surface area contributed by atoms with Crippen LogP contribution in [0.4, 0.5) is 0 Å². The fraction of sp³-hybridized carbons (Fsp3) is 0.150. The summed E-state index contributed by atoms with van der Waals surface area (Å²) in [6.07, 6.45) is 0.411. The van der Waals surface area contributed by atoms with Crippen molar-refractivity contribution in [3.05, 3.63) is 36.4 Å². The van der Waals surface area contributed by atoms with E-state index in [0.717, 1.165) is 18.2 Å². The summed E-state index contributed by atoms with van der Waals surface area (Å²) in [5.74, 6) is -0.991. The molecule has 0 saturated carbocycles. The van der Waals surface area contributed by atoms with E-state index in [9.17, 15) is 43.7 Å². The van der Waals surface area contributed by atoms with Crippen molar-refractivity contribution in [2.45, 2.75) is 34.5 Å². The van der Waals surface area contributed by atoms with E-state index >= 15 is 0 Å². The number of hydrogen-bond donors (Lipinski definition) is 3. The normalized spacial score (nSPS) is 12.1. The van der Waals surface area contributed by atoms with E-state index in [1.54, 1.807) is 6.92 Å². The number of ether oxygens (including phenoxy) is 1. The van der Waals surface area contributed by atoms with Gasteiger partial charge in [0.1, 0.15) is 20.4 Å². The van der Waals surface area contributed by atoms with E-state index in [0.29, 0.717) is 12.5 Å². The molecule has 4 aromatic carbocycles. The molecule has 4 aromatic rings. The van der Waals surface area contributed by atoms with Gasteiger partial charge in [0, 0.05) is 44.8 Å². The minimum Gasteiger partial charge on any atom is -1.00 e. The number of hydrogen-bond acceptors (Lipinski definition) is 8. The molecule has 0 aliphatic heterocycles. The molecular formula is C20H19Na3O11S3. The number of esters is 1. The summed E-state index contributed by atoms with van der Waals surface area (Å²) < 4.78 is 107. The second-order valence-corrected chi connectivity index (χ2v) is 11.6. The zero-order chi connectivity index (χ0) is 25.2. The first-order valence-electron chi connectivity index (χ1n) is 9.56. The zero-order valence-electron chi connectivity index (χ0n) is 23.2. The van der Waals surface area contributed by atoms with Crippen LogP contribution >= 0.6 is 0 Å². The number of benzene rings is 4. The average Bonchev–Trinajstić information content (AvgIpc) is 2.70. The summed E-state index contributed by atoms with van der Waals surface area (Å²) in [7, 11) is -14.9. The molecule has 3 N–H and O–H groups in total. The Morgan fingerprint density at radius 2 is 1.05 bits per heavy atom. The van der Waals surface area contributed by atoms with Gasteiger partial charge in [-0.15, -0.1) is 0 Å². The van der Waals surface area contributed by atoms with Crippen molar-refractivity contribution in [2.24, 2.45) is 0 Å². The first kappa shape index (κ1) is 35.1. The van der Waals surface area contributed by atoms with Gasteiger partial charge in [-0.2, -0.15) is 25.3 Å². The molecule has 0 spiro atoms. The minimum absolute atomic E-state index is 0. The standard InChI is InChI=1S/C20H16O11S3.3Na.3H/c1-2-3-18(21)31-14-8-15(32(22,23)24)11-6-7-13-17(34(28,29)30)9-16(33(25,26)27)12-5-4-10(14)19(11)20(12)13;;;;;;/h4-9H,2-3H2,1H3,(H,22,23,24)(H,25,26,27)(H,28,29,30);;;;;;/q;3*+1;3*-1. The quantitative estimate of drug-likeness (QED) is 0.0629. The summed E-state index contributed by atoms with van der Waals surface area (Å²) in [6, 6.07) is 6.31. The van der Waals surface area contributed by atoms with Crippen LogP contribution in [0.2, 0.25) is 0 Å². The van der Waals surface area contributed by atoms with E-state index in [4.69, 9.17) is 4.74 Å². The third kappa shape index (κ3) is 6.72. The van der Waals surface area contributed by atoms with Gasteiger partial charge in [0.2, 0.25) is 0 Å². The fourth-order valence-electron chi connectivity index (χ4n) is 3.97. The molecule has 0 unspecified atom stereocenters. The molecule has 37 heavy (non-hydrogen) atoms. The van der Waals surface area contributed by atoms with Crippen LogP contribution in [0.1, 0.15) is 24.0 Å². The SMILES string of the molecule is CCCC(=O)Oc1cc(S(=O)(=O)O)c2ccc3c(S(=O)(=O)O)cc(S(=O)(=O)O)c4ccc1c2c43.[H-].[H-].[H-].[Na+].[Na+].[Na+]. The van der Waals surface area contributed by atoms with Gasteiger partial charge in [0.25, 0.3) is 30.4 Å². The van der Waals surface area contributed by atoms with Crippen LogP contribution in [0.5, 0.6) is 5.75 Å². The fourth-order valence-corrected chi connectivity index (χ4v) is 6.18. The Morgan fingerprint density at radius 1 is 0.703 bits per heavy atom. The van der Waals surface area contributed by atoms with Gasteiger partial charge in [0.05, 0.1) is 0 Å². The maximum Gasteiger partial charge on any atom is 1.00 e. The molecule has 0 fully saturated rings. The van der Waals surface area contributed by atoms with Crippen molar-refractivity contribution in [1.29, 1.82) is 0 Å². The van der Waals surface area contributed by atoms with Gasteiger partial charge >= 0.3 is 94.6 Å². The summed E-state index contributed by atoms with van der Waals surface area (Å²) >= 11 is 0. The van der Waals surface area contributed by atoms with E-state index in [1.165, 1.54) is 12.1 Å². The molecule has 0 atom stereocenters. The largest absolute Gasteiger partial charge is 1.00 e. The molecule has 17 heteroatoms. The second kappa shape index (κ2) is 12.3. The van der Waals surface area contributed by atoms with Crippen molar-refractivity contribution in [3.63, 3.8) is 0 Å². The Kier molecular flexibility index (Phi) is 11.7. The molecule has 0 aliphatic carbocycles. The molecule has 4 rings (SSSR count). The predicted molar refractivity (Wildman–Crippen MR) is 123 cm³/mol. The minimum atomic E-state index is -5.01. The second-order valence-electron chi connectivity index (χ2n) is 7.47. The van der Waals surface area contributed by atoms with E-state index in [2.05, 4.69) is 0 Å². The molecular weight excluding hydrogens is 581 g/mol. The van der Waals surface area contributed by atoms with E-state index in [1.807, 2.05) is 0 Å². The molecule has 11 nitrogen and oxygen atoms in total. The number of carbonyl (C=O) groups excluding carboxylic acids is 1. The Labute approximate surface area is 283 Å². The molecule has 0 radical (unpaired) electrons. The maximum absolute atomic E-state index is 12.1. The Morgan fingerprint density at radius 3 is 1.43 bits per heavy atom. The van der Waals surface area contributed by atoms with Crippen molar-refractivity contribution in [2.75, 3.05) is 0 Å². The van der Waals surface area contributed by atoms with Gasteiger partial charge in [-0.05, 0) is 18.6 Å². The van der Waals surface area contributed by atoms with Crippen LogP contribution in [-0.4, -0.2) is 44.9 Å².